The van der Waals surface area contributed by atoms with Gasteiger partial charge in [-0.25, -0.2) is 0 Å². The van der Waals surface area contributed by atoms with E-state index in [1.807, 2.05) is 4.90 Å². The molecule has 2 atom stereocenters. The second kappa shape index (κ2) is 4.49. The molecule has 0 aromatic rings. The van der Waals surface area contributed by atoms with Gasteiger partial charge in [0.15, 0.2) is 0 Å². The first-order chi connectivity index (χ1) is 7.15. The number of carboxylic acids is 1. The molecule has 2 rings (SSSR count). The van der Waals surface area contributed by atoms with Crippen LogP contribution < -0.4 is 0 Å². The van der Waals surface area contributed by atoms with E-state index in [0.717, 1.165) is 25.3 Å². The highest BCUT2D eigenvalue weighted by atomic mass is 16.4. The average molecular weight is 213 g/mol. The molecule has 1 aliphatic carbocycles. The van der Waals surface area contributed by atoms with Crippen molar-refractivity contribution in [3.8, 4) is 0 Å². The number of rotatable bonds is 4. The molecule has 1 saturated carbocycles. The maximum absolute atomic E-state index is 10.6. The molecule has 0 radical (unpaired) electrons. The molecule has 1 heterocycles. The van der Waals surface area contributed by atoms with Crippen LogP contribution in [0.2, 0.25) is 0 Å². The Morgan fingerprint density at radius 3 is 2.67 bits per heavy atom. The zero-order valence-electron chi connectivity index (χ0n) is 8.93. The van der Waals surface area contributed by atoms with Crippen molar-refractivity contribution in [1.82, 2.24) is 4.90 Å². The third-order valence-electron chi connectivity index (χ3n) is 3.47. The molecule has 15 heavy (non-hydrogen) atoms. The van der Waals surface area contributed by atoms with Crippen LogP contribution >= 0.6 is 0 Å². The van der Waals surface area contributed by atoms with E-state index < -0.39 is 5.97 Å². The van der Waals surface area contributed by atoms with Crippen molar-refractivity contribution >= 4 is 5.97 Å². The molecule has 4 heteroatoms. The molecule has 1 aliphatic heterocycles. The van der Waals surface area contributed by atoms with Crippen LogP contribution in [0, 0.1) is 11.8 Å². The van der Waals surface area contributed by atoms with E-state index in [9.17, 15) is 9.90 Å². The number of hydrogen-bond donors (Lipinski definition) is 2. The molecule has 1 saturated heterocycles. The van der Waals surface area contributed by atoms with Crippen LogP contribution in [-0.2, 0) is 4.79 Å². The van der Waals surface area contributed by atoms with Crippen molar-refractivity contribution in [3.63, 3.8) is 0 Å². The topological polar surface area (TPSA) is 60.8 Å². The van der Waals surface area contributed by atoms with E-state index in [1.54, 1.807) is 0 Å². The normalized spacial score (nSPS) is 32.9. The first-order valence-electron chi connectivity index (χ1n) is 5.77. The van der Waals surface area contributed by atoms with Crippen molar-refractivity contribution in [2.75, 3.05) is 19.6 Å². The molecule has 0 amide bonds. The summed E-state index contributed by atoms with van der Waals surface area (Å²) in [6, 6.07) is 0. The van der Waals surface area contributed by atoms with Gasteiger partial charge in [0.2, 0.25) is 0 Å². The van der Waals surface area contributed by atoms with E-state index in [1.165, 1.54) is 12.8 Å². The summed E-state index contributed by atoms with van der Waals surface area (Å²) in [7, 11) is 0. The number of carbonyl (C=O) groups is 1. The Kier molecular flexibility index (Phi) is 3.26. The molecule has 4 nitrogen and oxygen atoms in total. The maximum atomic E-state index is 10.6. The minimum Gasteiger partial charge on any atom is -0.480 e. The van der Waals surface area contributed by atoms with Crippen molar-refractivity contribution < 1.29 is 15.0 Å². The number of aliphatic hydroxyl groups excluding tert-OH is 1. The Balaban J connectivity index is 1.82. The lowest BCUT2D eigenvalue weighted by molar-refractivity contribution is -0.139. The quantitative estimate of drug-likeness (QED) is 0.716. The van der Waals surface area contributed by atoms with Crippen LogP contribution in [0.1, 0.15) is 25.7 Å². The molecular formula is C11H19NO3. The molecule has 0 spiro atoms. The summed E-state index contributed by atoms with van der Waals surface area (Å²) >= 11 is 0. The summed E-state index contributed by atoms with van der Waals surface area (Å²) in [4.78, 5) is 12.5. The van der Waals surface area contributed by atoms with Crippen LogP contribution in [0.5, 0.6) is 0 Å². The van der Waals surface area contributed by atoms with Gasteiger partial charge in [0.05, 0.1) is 12.6 Å². The first-order valence-corrected chi connectivity index (χ1v) is 5.77. The Morgan fingerprint density at radius 1 is 1.33 bits per heavy atom. The molecule has 2 fully saturated rings. The third kappa shape index (κ3) is 3.18. The number of carboxylic acid groups (broad SMARTS) is 1. The molecular weight excluding hydrogens is 194 g/mol. The molecule has 0 aromatic carbocycles. The number of piperidine rings is 1. The van der Waals surface area contributed by atoms with Gasteiger partial charge in [-0.15, -0.1) is 0 Å². The number of aliphatic hydroxyl groups is 1. The van der Waals surface area contributed by atoms with E-state index in [4.69, 9.17) is 5.11 Å². The van der Waals surface area contributed by atoms with Gasteiger partial charge >= 0.3 is 5.97 Å². The van der Waals surface area contributed by atoms with E-state index in [2.05, 4.69) is 0 Å². The summed E-state index contributed by atoms with van der Waals surface area (Å²) < 4.78 is 0. The first kappa shape index (κ1) is 10.9. The van der Waals surface area contributed by atoms with E-state index in [-0.39, 0.29) is 12.6 Å². The largest absolute Gasteiger partial charge is 0.480 e. The fourth-order valence-corrected chi connectivity index (χ4v) is 2.44. The SMILES string of the molecule is O=C(O)CN1CC[C@@H](O)[C@@H](CC2CC2)C1. The van der Waals surface area contributed by atoms with Gasteiger partial charge in [0.1, 0.15) is 0 Å². The summed E-state index contributed by atoms with van der Waals surface area (Å²) in [5.74, 6) is 0.330. The summed E-state index contributed by atoms with van der Waals surface area (Å²) in [5.41, 5.74) is 0. The number of nitrogens with zero attached hydrogens (tertiary/aromatic N) is 1. The number of likely N-dealkylation sites (tertiary alicyclic amines) is 1. The highest BCUT2D eigenvalue weighted by Gasteiger charge is 2.33. The van der Waals surface area contributed by atoms with Crippen molar-refractivity contribution in [2.24, 2.45) is 11.8 Å². The van der Waals surface area contributed by atoms with Gasteiger partial charge in [-0.3, -0.25) is 9.69 Å². The Labute approximate surface area is 89.9 Å². The Morgan fingerprint density at radius 2 is 2.07 bits per heavy atom. The van der Waals surface area contributed by atoms with Gasteiger partial charge in [0, 0.05) is 13.1 Å². The monoisotopic (exact) mass is 213 g/mol. The number of aliphatic carboxylic acids is 1. The lowest BCUT2D eigenvalue weighted by atomic mass is 9.90. The maximum Gasteiger partial charge on any atom is 0.317 e. The van der Waals surface area contributed by atoms with Gasteiger partial charge in [-0.05, 0) is 24.7 Å². The van der Waals surface area contributed by atoms with Crippen molar-refractivity contribution in [2.45, 2.75) is 31.8 Å². The second-order valence-electron chi connectivity index (χ2n) is 4.92. The molecule has 2 aliphatic rings. The van der Waals surface area contributed by atoms with Crippen LogP contribution in [-0.4, -0.2) is 46.8 Å². The zero-order valence-corrected chi connectivity index (χ0v) is 8.93. The zero-order chi connectivity index (χ0) is 10.8. The molecule has 0 aromatic heterocycles. The predicted octanol–water partition coefficient (Wildman–Crippen LogP) is 0.554. The Hall–Kier alpha value is -0.610. The van der Waals surface area contributed by atoms with E-state index in [0.29, 0.717) is 12.5 Å². The lowest BCUT2D eigenvalue weighted by Crippen LogP contribution is -2.45. The minimum atomic E-state index is -0.767. The highest BCUT2D eigenvalue weighted by molar-refractivity contribution is 5.69. The minimum absolute atomic E-state index is 0.119. The fourth-order valence-electron chi connectivity index (χ4n) is 2.44. The van der Waals surface area contributed by atoms with Gasteiger partial charge < -0.3 is 10.2 Å². The summed E-state index contributed by atoms with van der Waals surface area (Å²) in [5, 5.41) is 18.5. The standard InChI is InChI=1S/C11H19NO3/c13-10-3-4-12(7-11(14)15)6-9(10)5-8-1-2-8/h8-10,13H,1-7H2,(H,14,15)/t9-,10+/m0/s1. The molecule has 0 bridgehead atoms. The average Bonchev–Trinajstić information content (AvgIpc) is 2.94. The van der Waals surface area contributed by atoms with Crippen LogP contribution in [0.25, 0.3) is 0 Å². The second-order valence-corrected chi connectivity index (χ2v) is 4.92. The fraction of sp³-hybridized carbons (Fsp3) is 0.909. The predicted molar refractivity (Wildman–Crippen MR) is 55.5 cm³/mol. The third-order valence-corrected chi connectivity index (χ3v) is 3.47. The van der Waals surface area contributed by atoms with Crippen LogP contribution in [0.3, 0.4) is 0 Å². The van der Waals surface area contributed by atoms with Crippen molar-refractivity contribution in [1.29, 1.82) is 0 Å². The molecule has 0 unspecified atom stereocenters. The molecule has 2 N–H and O–H groups in total. The van der Waals surface area contributed by atoms with Crippen LogP contribution in [0.4, 0.5) is 0 Å². The number of hydrogen-bond acceptors (Lipinski definition) is 3. The van der Waals surface area contributed by atoms with Gasteiger partial charge in [0.25, 0.3) is 0 Å². The lowest BCUT2D eigenvalue weighted by Gasteiger charge is -2.35. The smallest absolute Gasteiger partial charge is 0.317 e. The van der Waals surface area contributed by atoms with Crippen molar-refractivity contribution in [3.05, 3.63) is 0 Å². The van der Waals surface area contributed by atoms with Crippen LogP contribution in [0.15, 0.2) is 0 Å². The Bertz CT molecular complexity index is 240. The highest BCUT2D eigenvalue weighted by Crippen LogP contribution is 2.37. The summed E-state index contributed by atoms with van der Waals surface area (Å²) in [6.07, 6.45) is 4.18. The van der Waals surface area contributed by atoms with E-state index >= 15 is 0 Å². The van der Waals surface area contributed by atoms with Gasteiger partial charge in [-0.1, -0.05) is 12.8 Å². The molecule has 86 valence electrons. The summed E-state index contributed by atoms with van der Waals surface area (Å²) in [6.45, 7) is 1.59. The van der Waals surface area contributed by atoms with Gasteiger partial charge in [-0.2, -0.15) is 0 Å².